The Morgan fingerprint density at radius 1 is 1.21 bits per heavy atom. The minimum absolute atomic E-state index is 0.0495. The Hall–Kier alpha value is -3.20. The van der Waals surface area contributed by atoms with E-state index < -0.39 is 0 Å². The first-order valence-corrected chi connectivity index (χ1v) is 9.38. The number of rotatable bonds is 6. The van der Waals surface area contributed by atoms with Gasteiger partial charge in [-0.2, -0.15) is 4.68 Å². The number of aryl methyl sites for hydroxylation is 1. The number of hydrogen-bond acceptors (Lipinski definition) is 6. The number of urea groups is 1. The van der Waals surface area contributed by atoms with E-state index in [4.69, 9.17) is 4.42 Å². The lowest BCUT2D eigenvalue weighted by Crippen LogP contribution is -2.38. The van der Waals surface area contributed by atoms with Crippen LogP contribution >= 0.6 is 0 Å². The van der Waals surface area contributed by atoms with Crippen molar-refractivity contribution in [2.24, 2.45) is 0 Å². The molecule has 1 fully saturated rings. The fraction of sp³-hybridized carbons (Fsp3) is 0.368. The van der Waals surface area contributed by atoms with Gasteiger partial charge in [0.25, 0.3) is 0 Å². The normalized spacial score (nSPS) is 15.5. The van der Waals surface area contributed by atoms with Crippen LogP contribution in [0.15, 0.2) is 47.1 Å². The Morgan fingerprint density at radius 2 is 2.00 bits per heavy atom. The molecular formula is C19H23N7O2. The number of nitrogens with one attached hydrogen (secondary N) is 2. The van der Waals surface area contributed by atoms with Gasteiger partial charge in [-0.05, 0) is 79.7 Å². The van der Waals surface area contributed by atoms with Crippen molar-refractivity contribution in [1.82, 2.24) is 30.4 Å². The lowest BCUT2D eigenvalue weighted by Gasteiger charge is -2.26. The molecule has 0 unspecified atom stereocenters. The molecule has 1 atom stereocenters. The van der Waals surface area contributed by atoms with E-state index in [-0.39, 0.29) is 12.1 Å². The second-order valence-corrected chi connectivity index (χ2v) is 6.79. The lowest BCUT2D eigenvalue weighted by atomic mass is 10.2. The average Bonchev–Trinajstić information content (AvgIpc) is 3.46. The maximum absolute atomic E-state index is 12.4. The summed E-state index contributed by atoms with van der Waals surface area (Å²) in [6.45, 7) is 4.36. The zero-order chi connectivity index (χ0) is 19.3. The van der Waals surface area contributed by atoms with Crippen molar-refractivity contribution in [3.05, 3.63) is 54.2 Å². The number of likely N-dealkylation sites (tertiary alicyclic amines) is 1. The predicted octanol–water partition coefficient (Wildman–Crippen LogP) is 2.52. The molecule has 2 amide bonds. The molecule has 146 valence electrons. The van der Waals surface area contributed by atoms with Crippen LogP contribution in [0.1, 0.15) is 30.5 Å². The number of carbonyl (C=O) groups excluding carboxylic acids is 1. The lowest BCUT2D eigenvalue weighted by molar-refractivity contribution is 0.207. The van der Waals surface area contributed by atoms with Gasteiger partial charge in [0.1, 0.15) is 5.76 Å². The van der Waals surface area contributed by atoms with Crippen LogP contribution in [0.25, 0.3) is 5.69 Å². The molecule has 0 saturated carbocycles. The largest absolute Gasteiger partial charge is 0.468 e. The Bertz CT molecular complexity index is 899. The van der Waals surface area contributed by atoms with E-state index in [0.29, 0.717) is 18.1 Å². The van der Waals surface area contributed by atoms with Crippen LogP contribution in [0.3, 0.4) is 0 Å². The molecule has 0 radical (unpaired) electrons. The van der Waals surface area contributed by atoms with Gasteiger partial charge in [0.2, 0.25) is 0 Å². The summed E-state index contributed by atoms with van der Waals surface area (Å²) in [5, 5.41) is 17.3. The van der Waals surface area contributed by atoms with Gasteiger partial charge in [-0.15, -0.1) is 5.10 Å². The third-order valence-corrected chi connectivity index (χ3v) is 4.90. The third kappa shape index (κ3) is 4.04. The van der Waals surface area contributed by atoms with E-state index >= 15 is 0 Å². The summed E-state index contributed by atoms with van der Waals surface area (Å²) in [5.74, 6) is 1.58. The van der Waals surface area contributed by atoms with Gasteiger partial charge in [-0.25, -0.2) is 4.79 Å². The number of carbonyl (C=O) groups is 1. The van der Waals surface area contributed by atoms with Crippen molar-refractivity contribution in [2.45, 2.75) is 25.8 Å². The fourth-order valence-corrected chi connectivity index (χ4v) is 3.46. The first-order chi connectivity index (χ1) is 13.7. The molecule has 1 aliphatic rings. The highest BCUT2D eigenvalue weighted by Crippen LogP contribution is 2.25. The molecule has 0 bridgehead atoms. The average molecular weight is 381 g/mol. The minimum atomic E-state index is -0.248. The van der Waals surface area contributed by atoms with Crippen molar-refractivity contribution in [3.8, 4) is 5.69 Å². The number of nitrogens with zero attached hydrogens (tertiary/aromatic N) is 5. The molecule has 3 heterocycles. The molecule has 4 rings (SSSR count). The van der Waals surface area contributed by atoms with Crippen molar-refractivity contribution in [3.63, 3.8) is 0 Å². The van der Waals surface area contributed by atoms with Crippen molar-refractivity contribution >= 4 is 11.7 Å². The Kier molecular flexibility index (Phi) is 5.34. The summed E-state index contributed by atoms with van der Waals surface area (Å²) >= 11 is 0. The second-order valence-electron chi connectivity index (χ2n) is 6.79. The molecule has 1 saturated heterocycles. The number of amides is 2. The van der Waals surface area contributed by atoms with E-state index in [0.717, 1.165) is 24.5 Å². The van der Waals surface area contributed by atoms with Gasteiger partial charge in [-0.1, -0.05) is 0 Å². The van der Waals surface area contributed by atoms with Crippen LogP contribution in [-0.2, 0) is 0 Å². The van der Waals surface area contributed by atoms with Gasteiger partial charge in [0.15, 0.2) is 5.82 Å². The Balaban J connectivity index is 1.35. The molecule has 1 aromatic carbocycles. The number of tetrazole rings is 1. The van der Waals surface area contributed by atoms with Crippen LogP contribution in [0.5, 0.6) is 0 Å². The molecule has 9 nitrogen and oxygen atoms in total. The molecule has 2 N–H and O–H groups in total. The van der Waals surface area contributed by atoms with Crippen LogP contribution < -0.4 is 10.6 Å². The number of aromatic nitrogens is 4. The van der Waals surface area contributed by atoms with E-state index in [1.807, 2.05) is 43.3 Å². The van der Waals surface area contributed by atoms with Crippen LogP contribution in [0.2, 0.25) is 0 Å². The van der Waals surface area contributed by atoms with E-state index in [1.165, 1.54) is 12.8 Å². The van der Waals surface area contributed by atoms with Gasteiger partial charge in [0.05, 0.1) is 18.0 Å². The van der Waals surface area contributed by atoms with E-state index in [1.54, 1.807) is 10.9 Å². The molecule has 2 aromatic heterocycles. The molecule has 1 aliphatic heterocycles. The third-order valence-electron chi connectivity index (χ3n) is 4.90. The highest BCUT2D eigenvalue weighted by atomic mass is 16.3. The highest BCUT2D eigenvalue weighted by Gasteiger charge is 2.25. The van der Waals surface area contributed by atoms with Crippen molar-refractivity contribution in [1.29, 1.82) is 0 Å². The molecule has 0 aliphatic carbocycles. The predicted molar refractivity (Wildman–Crippen MR) is 103 cm³/mol. The van der Waals surface area contributed by atoms with Gasteiger partial charge >= 0.3 is 6.03 Å². The topological polar surface area (TPSA) is 101 Å². The standard InChI is InChI=1S/C19H23N7O2/c1-14-22-23-24-26(14)16-8-6-15(7-9-16)21-19(27)20-13-17(18-5-4-12-28-18)25-10-2-3-11-25/h4-9,12,17H,2-3,10-11,13H2,1H3,(H2,20,21,27)/t17-/m0/s1. The first-order valence-electron chi connectivity index (χ1n) is 9.38. The maximum atomic E-state index is 12.4. The van der Waals surface area contributed by atoms with Crippen molar-refractivity contribution in [2.75, 3.05) is 25.0 Å². The summed E-state index contributed by atoms with van der Waals surface area (Å²) in [6, 6.07) is 11.0. The zero-order valence-corrected chi connectivity index (χ0v) is 15.7. The summed E-state index contributed by atoms with van der Waals surface area (Å²) in [4.78, 5) is 14.7. The molecule has 0 spiro atoms. The first kappa shape index (κ1) is 18.2. The zero-order valence-electron chi connectivity index (χ0n) is 15.7. The summed E-state index contributed by atoms with van der Waals surface area (Å²) in [5.41, 5.74) is 1.53. The number of furan rings is 1. The van der Waals surface area contributed by atoms with E-state index in [9.17, 15) is 4.79 Å². The Labute approximate surface area is 162 Å². The summed E-state index contributed by atoms with van der Waals surface area (Å²) in [6.07, 6.45) is 4.03. The number of benzene rings is 1. The summed E-state index contributed by atoms with van der Waals surface area (Å²) < 4.78 is 7.22. The smallest absolute Gasteiger partial charge is 0.319 e. The van der Waals surface area contributed by atoms with Gasteiger partial charge < -0.3 is 15.1 Å². The monoisotopic (exact) mass is 381 g/mol. The van der Waals surface area contributed by atoms with Gasteiger partial charge in [-0.3, -0.25) is 4.90 Å². The van der Waals surface area contributed by atoms with Crippen LogP contribution in [-0.4, -0.2) is 50.8 Å². The second kappa shape index (κ2) is 8.22. The molecular weight excluding hydrogens is 358 g/mol. The van der Waals surface area contributed by atoms with Crippen LogP contribution in [0, 0.1) is 6.92 Å². The van der Waals surface area contributed by atoms with Crippen molar-refractivity contribution < 1.29 is 9.21 Å². The summed E-state index contributed by atoms with van der Waals surface area (Å²) in [7, 11) is 0. The maximum Gasteiger partial charge on any atom is 0.319 e. The van der Waals surface area contributed by atoms with Crippen LogP contribution in [0.4, 0.5) is 10.5 Å². The number of anilines is 1. The minimum Gasteiger partial charge on any atom is -0.468 e. The Morgan fingerprint density at radius 3 is 2.64 bits per heavy atom. The number of hydrogen-bond donors (Lipinski definition) is 2. The molecule has 9 heteroatoms. The van der Waals surface area contributed by atoms with E-state index in [2.05, 4.69) is 31.1 Å². The SMILES string of the molecule is Cc1nnnn1-c1ccc(NC(=O)NC[C@@H](c2ccco2)N2CCCC2)cc1. The highest BCUT2D eigenvalue weighted by molar-refractivity contribution is 5.89. The van der Waals surface area contributed by atoms with Gasteiger partial charge in [0, 0.05) is 12.2 Å². The molecule has 3 aromatic rings. The fourth-order valence-electron chi connectivity index (χ4n) is 3.46. The molecule has 28 heavy (non-hydrogen) atoms. The quantitative estimate of drug-likeness (QED) is 0.680.